The van der Waals surface area contributed by atoms with E-state index in [1.165, 1.54) is 0 Å². The minimum Gasteiger partial charge on any atom is -0.395 e. The molecule has 2 aromatic rings. The van der Waals surface area contributed by atoms with Gasteiger partial charge in [-0.25, -0.2) is 4.68 Å². The molecular weight excluding hydrogens is 254 g/mol. The summed E-state index contributed by atoms with van der Waals surface area (Å²) < 4.78 is 1.74. The van der Waals surface area contributed by atoms with Crippen LogP contribution in [0, 0.1) is 0 Å². The lowest BCUT2D eigenvalue weighted by molar-refractivity contribution is 0.0665. The second-order valence-electron chi connectivity index (χ2n) is 4.81. The Kier molecular flexibility index (Phi) is 4.53. The van der Waals surface area contributed by atoms with Crippen molar-refractivity contribution in [2.75, 3.05) is 13.2 Å². The van der Waals surface area contributed by atoms with Crippen LogP contribution < -0.4 is 0 Å². The predicted molar refractivity (Wildman–Crippen MR) is 76.8 cm³/mol. The van der Waals surface area contributed by atoms with Crippen LogP contribution in [-0.2, 0) is 0 Å². The Hall–Kier alpha value is -2.14. The number of hydrogen-bond acceptors (Lipinski definition) is 3. The number of nitrogens with zero attached hydrogens (tertiary/aromatic N) is 3. The molecule has 106 valence electrons. The molecule has 1 aromatic heterocycles. The maximum absolute atomic E-state index is 12.4. The molecule has 0 atom stereocenters. The van der Waals surface area contributed by atoms with Crippen molar-refractivity contribution in [3.8, 4) is 5.69 Å². The molecule has 0 saturated carbocycles. The van der Waals surface area contributed by atoms with Crippen molar-refractivity contribution in [3.05, 3.63) is 48.3 Å². The minimum absolute atomic E-state index is 0.0324. The Balaban J connectivity index is 2.18. The Morgan fingerprint density at radius 2 is 2.05 bits per heavy atom. The fourth-order valence-electron chi connectivity index (χ4n) is 2.05. The third-order valence-corrected chi connectivity index (χ3v) is 3.11. The number of carbonyl (C=O) groups excluding carboxylic acids is 1. The summed E-state index contributed by atoms with van der Waals surface area (Å²) in [6, 6.07) is 9.19. The summed E-state index contributed by atoms with van der Waals surface area (Å²) >= 11 is 0. The molecule has 0 radical (unpaired) electrons. The maximum atomic E-state index is 12.4. The van der Waals surface area contributed by atoms with Crippen molar-refractivity contribution < 1.29 is 9.90 Å². The molecule has 1 heterocycles. The van der Waals surface area contributed by atoms with Crippen LogP contribution in [0.1, 0.15) is 24.2 Å². The summed E-state index contributed by atoms with van der Waals surface area (Å²) in [5.74, 6) is -0.0685. The van der Waals surface area contributed by atoms with Gasteiger partial charge in [0.2, 0.25) is 0 Å². The van der Waals surface area contributed by atoms with Gasteiger partial charge in [-0.05, 0) is 44.2 Å². The van der Waals surface area contributed by atoms with Crippen molar-refractivity contribution in [2.45, 2.75) is 19.9 Å². The van der Waals surface area contributed by atoms with Crippen LogP contribution >= 0.6 is 0 Å². The SMILES string of the molecule is CC(C)N(CCO)C(=O)c1ccc(-n2cccn2)cc1. The highest BCUT2D eigenvalue weighted by atomic mass is 16.3. The van der Waals surface area contributed by atoms with E-state index in [1.807, 2.05) is 38.2 Å². The van der Waals surface area contributed by atoms with Crippen LogP contribution in [0.5, 0.6) is 0 Å². The van der Waals surface area contributed by atoms with Crippen LogP contribution in [0.2, 0.25) is 0 Å². The summed E-state index contributed by atoms with van der Waals surface area (Å²) in [6.07, 6.45) is 3.56. The molecule has 20 heavy (non-hydrogen) atoms. The fraction of sp³-hybridized carbons (Fsp3) is 0.333. The van der Waals surface area contributed by atoms with Crippen molar-refractivity contribution >= 4 is 5.91 Å². The van der Waals surface area contributed by atoms with Gasteiger partial charge >= 0.3 is 0 Å². The highest BCUT2D eigenvalue weighted by Gasteiger charge is 2.17. The summed E-state index contributed by atoms with van der Waals surface area (Å²) in [6.45, 7) is 4.18. The van der Waals surface area contributed by atoms with Gasteiger partial charge < -0.3 is 10.0 Å². The second kappa shape index (κ2) is 6.34. The zero-order valence-electron chi connectivity index (χ0n) is 11.7. The molecule has 0 fully saturated rings. The highest BCUT2D eigenvalue weighted by molar-refractivity contribution is 5.94. The van der Waals surface area contributed by atoms with Gasteiger partial charge in [0, 0.05) is 30.5 Å². The van der Waals surface area contributed by atoms with Gasteiger partial charge in [0.15, 0.2) is 0 Å². The van der Waals surface area contributed by atoms with E-state index < -0.39 is 0 Å². The standard InChI is InChI=1S/C15H19N3O2/c1-12(2)17(10-11-19)15(20)13-4-6-14(7-5-13)18-9-3-8-16-18/h3-9,12,19H,10-11H2,1-2H3. The van der Waals surface area contributed by atoms with E-state index in [-0.39, 0.29) is 18.6 Å². The Morgan fingerprint density at radius 1 is 1.35 bits per heavy atom. The van der Waals surface area contributed by atoms with Crippen molar-refractivity contribution in [2.24, 2.45) is 0 Å². The largest absolute Gasteiger partial charge is 0.395 e. The van der Waals surface area contributed by atoms with Crippen LogP contribution in [0.25, 0.3) is 5.69 Å². The molecular formula is C15H19N3O2. The number of benzene rings is 1. The molecule has 0 saturated heterocycles. The Bertz CT molecular complexity index is 547. The van der Waals surface area contributed by atoms with E-state index in [1.54, 1.807) is 27.9 Å². The van der Waals surface area contributed by atoms with Gasteiger partial charge in [0.25, 0.3) is 5.91 Å². The van der Waals surface area contributed by atoms with Gasteiger partial charge in [0.05, 0.1) is 12.3 Å². The Morgan fingerprint density at radius 3 is 2.55 bits per heavy atom. The molecule has 1 aromatic carbocycles. The molecule has 0 spiro atoms. The summed E-state index contributed by atoms with van der Waals surface area (Å²) in [7, 11) is 0. The lowest BCUT2D eigenvalue weighted by atomic mass is 10.1. The quantitative estimate of drug-likeness (QED) is 0.902. The molecule has 2 rings (SSSR count). The monoisotopic (exact) mass is 273 g/mol. The first kappa shape index (κ1) is 14.3. The average Bonchev–Trinajstić information content (AvgIpc) is 2.98. The molecule has 1 N–H and O–H groups in total. The van der Waals surface area contributed by atoms with Crippen molar-refractivity contribution in [1.82, 2.24) is 14.7 Å². The van der Waals surface area contributed by atoms with Crippen molar-refractivity contribution in [1.29, 1.82) is 0 Å². The highest BCUT2D eigenvalue weighted by Crippen LogP contribution is 2.12. The predicted octanol–water partition coefficient (Wildman–Crippen LogP) is 1.72. The first-order valence-electron chi connectivity index (χ1n) is 6.65. The van der Waals surface area contributed by atoms with E-state index in [2.05, 4.69) is 5.10 Å². The van der Waals surface area contributed by atoms with Crippen LogP contribution in [0.3, 0.4) is 0 Å². The number of amides is 1. The second-order valence-corrected chi connectivity index (χ2v) is 4.81. The molecule has 1 amide bonds. The van der Waals surface area contributed by atoms with E-state index in [4.69, 9.17) is 5.11 Å². The number of aliphatic hydroxyl groups is 1. The van der Waals surface area contributed by atoms with E-state index >= 15 is 0 Å². The third kappa shape index (κ3) is 3.05. The molecule has 0 aliphatic rings. The number of hydrogen-bond donors (Lipinski definition) is 1. The van der Waals surface area contributed by atoms with Gasteiger partial charge in [-0.15, -0.1) is 0 Å². The van der Waals surface area contributed by atoms with Gasteiger partial charge in [-0.3, -0.25) is 4.79 Å². The van der Waals surface area contributed by atoms with E-state index in [0.717, 1.165) is 5.69 Å². The lowest BCUT2D eigenvalue weighted by Crippen LogP contribution is -2.38. The maximum Gasteiger partial charge on any atom is 0.254 e. The molecule has 0 aliphatic heterocycles. The average molecular weight is 273 g/mol. The van der Waals surface area contributed by atoms with Crippen LogP contribution in [0.15, 0.2) is 42.7 Å². The summed E-state index contributed by atoms with van der Waals surface area (Å²) in [5.41, 5.74) is 1.52. The normalized spacial score (nSPS) is 10.8. The molecule has 5 heteroatoms. The van der Waals surface area contributed by atoms with Crippen molar-refractivity contribution in [3.63, 3.8) is 0 Å². The smallest absolute Gasteiger partial charge is 0.254 e. The zero-order valence-corrected chi connectivity index (χ0v) is 11.7. The number of aromatic nitrogens is 2. The van der Waals surface area contributed by atoms with E-state index in [0.29, 0.717) is 12.1 Å². The van der Waals surface area contributed by atoms with Gasteiger partial charge in [-0.2, -0.15) is 5.10 Å². The minimum atomic E-state index is -0.0685. The fourth-order valence-corrected chi connectivity index (χ4v) is 2.05. The number of rotatable bonds is 5. The number of aliphatic hydroxyl groups excluding tert-OH is 1. The zero-order chi connectivity index (χ0) is 14.5. The van der Waals surface area contributed by atoms with Crippen LogP contribution in [-0.4, -0.2) is 44.9 Å². The molecule has 0 aliphatic carbocycles. The molecule has 0 bridgehead atoms. The summed E-state index contributed by atoms with van der Waals surface area (Å²) in [4.78, 5) is 14.0. The molecule has 5 nitrogen and oxygen atoms in total. The van der Waals surface area contributed by atoms with E-state index in [9.17, 15) is 4.79 Å². The van der Waals surface area contributed by atoms with Gasteiger partial charge in [-0.1, -0.05) is 0 Å². The first-order chi connectivity index (χ1) is 9.63. The Labute approximate surface area is 118 Å². The van der Waals surface area contributed by atoms with Gasteiger partial charge in [0.1, 0.15) is 0 Å². The summed E-state index contributed by atoms with van der Waals surface area (Å²) in [5, 5.41) is 13.2. The first-order valence-corrected chi connectivity index (χ1v) is 6.65. The van der Waals surface area contributed by atoms with Crippen LogP contribution in [0.4, 0.5) is 0 Å². The lowest BCUT2D eigenvalue weighted by Gasteiger charge is -2.26. The topological polar surface area (TPSA) is 58.4 Å². The molecule has 0 unspecified atom stereocenters. The number of carbonyl (C=O) groups is 1. The third-order valence-electron chi connectivity index (χ3n) is 3.11.